The van der Waals surface area contributed by atoms with Crippen LogP contribution in [0.2, 0.25) is 0 Å². The Balaban J connectivity index is 2.75. The van der Waals surface area contributed by atoms with Crippen LogP contribution in [0.25, 0.3) is 0 Å². The smallest absolute Gasteiger partial charge is 0.332 e. The zero-order valence-corrected chi connectivity index (χ0v) is 7.74. The molecule has 1 unspecified atom stereocenters. The fourth-order valence-corrected chi connectivity index (χ4v) is 1.35. The van der Waals surface area contributed by atoms with Gasteiger partial charge in [-0.1, -0.05) is 6.92 Å². The lowest BCUT2D eigenvalue weighted by Crippen LogP contribution is -2.27. The summed E-state index contributed by atoms with van der Waals surface area (Å²) >= 11 is 0. The van der Waals surface area contributed by atoms with Crippen LogP contribution in [0.4, 0.5) is 4.79 Å². The van der Waals surface area contributed by atoms with Crippen LogP contribution in [0.3, 0.4) is 0 Å². The molecule has 0 saturated heterocycles. The normalized spacial score (nSPS) is 24.4. The molecule has 14 heavy (non-hydrogen) atoms. The number of primary amides is 1. The molecule has 6 nitrogen and oxygen atoms in total. The monoisotopic (exact) mass is 197 g/mol. The number of urea groups is 1. The van der Waals surface area contributed by atoms with Gasteiger partial charge in [0.05, 0.1) is 12.3 Å². The predicted octanol–water partition coefficient (Wildman–Crippen LogP) is -0.421. The number of ketones is 2. The summed E-state index contributed by atoms with van der Waals surface area (Å²) in [6.07, 6.45) is 0.449. The van der Waals surface area contributed by atoms with E-state index >= 15 is 0 Å². The summed E-state index contributed by atoms with van der Waals surface area (Å²) in [5.41, 5.74) is 6.79. The molecule has 0 aromatic rings. The van der Waals surface area contributed by atoms with Crippen LogP contribution in [0.15, 0.2) is 5.10 Å². The molecule has 2 amide bonds. The number of nitrogens with one attached hydrogen (secondary N) is 1. The highest BCUT2D eigenvalue weighted by Crippen LogP contribution is 2.18. The van der Waals surface area contributed by atoms with Crippen molar-refractivity contribution in [2.75, 3.05) is 0 Å². The van der Waals surface area contributed by atoms with Crippen molar-refractivity contribution < 1.29 is 14.4 Å². The summed E-state index contributed by atoms with van der Waals surface area (Å²) in [6, 6.07) is -0.849. The first kappa shape index (κ1) is 10.4. The molecule has 1 saturated carbocycles. The zero-order valence-electron chi connectivity index (χ0n) is 7.74. The minimum Gasteiger partial charge on any atom is -0.350 e. The van der Waals surface area contributed by atoms with Gasteiger partial charge >= 0.3 is 6.03 Å². The van der Waals surface area contributed by atoms with E-state index in [-0.39, 0.29) is 23.7 Å². The Bertz CT molecular complexity index is 322. The van der Waals surface area contributed by atoms with E-state index in [0.29, 0.717) is 6.42 Å². The van der Waals surface area contributed by atoms with Crippen molar-refractivity contribution in [1.82, 2.24) is 5.43 Å². The molecule has 6 heteroatoms. The molecule has 0 radical (unpaired) electrons. The number of amides is 2. The summed E-state index contributed by atoms with van der Waals surface area (Å²) < 4.78 is 0. The van der Waals surface area contributed by atoms with Gasteiger partial charge < -0.3 is 5.73 Å². The lowest BCUT2D eigenvalue weighted by atomic mass is 10.0. The maximum Gasteiger partial charge on any atom is 0.332 e. The summed E-state index contributed by atoms with van der Waals surface area (Å²) in [5, 5.41) is 3.47. The van der Waals surface area contributed by atoms with Gasteiger partial charge in [0.2, 0.25) is 0 Å². The Kier molecular flexibility index (Phi) is 2.95. The largest absolute Gasteiger partial charge is 0.350 e. The molecule has 0 bridgehead atoms. The van der Waals surface area contributed by atoms with Gasteiger partial charge in [0.25, 0.3) is 0 Å². The van der Waals surface area contributed by atoms with Crippen LogP contribution in [0, 0.1) is 5.92 Å². The van der Waals surface area contributed by atoms with Crippen LogP contribution in [-0.4, -0.2) is 23.3 Å². The molecule has 0 spiro atoms. The molecular weight excluding hydrogens is 186 g/mol. The first-order chi connectivity index (χ1) is 6.56. The minimum atomic E-state index is -0.849. The standard InChI is InChI=1S/C8H11N3O3/c1-2-4-6(12)3-5(7(4)13)10-11-8(9)14/h4H,2-3H2,1H3,(H3,9,11,14)/b10-5-. The fourth-order valence-electron chi connectivity index (χ4n) is 1.35. The molecular formula is C8H11N3O3. The highest BCUT2D eigenvalue weighted by Gasteiger charge is 2.37. The van der Waals surface area contributed by atoms with E-state index < -0.39 is 11.9 Å². The molecule has 0 aliphatic heterocycles. The number of nitrogens with two attached hydrogens (primary N) is 1. The SMILES string of the molecule is CCC1C(=O)C/C(=N/NC(N)=O)C1=O. The Hall–Kier alpha value is -1.72. The van der Waals surface area contributed by atoms with Gasteiger partial charge in [0, 0.05) is 0 Å². The van der Waals surface area contributed by atoms with E-state index in [1.807, 2.05) is 5.43 Å². The summed E-state index contributed by atoms with van der Waals surface area (Å²) in [7, 11) is 0. The number of hydrogen-bond donors (Lipinski definition) is 2. The second-order valence-electron chi connectivity index (χ2n) is 3.00. The molecule has 1 aliphatic rings. The van der Waals surface area contributed by atoms with Gasteiger partial charge in [0.15, 0.2) is 5.78 Å². The third kappa shape index (κ3) is 1.95. The molecule has 0 aromatic carbocycles. The van der Waals surface area contributed by atoms with Crippen molar-refractivity contribution in [3.05, 3.63) is 0 Å². The summed E-state index contributed by atoms with van der Waals surface area (Å²) in [6.45, 7) is 1.75. The third-order valence-corrected chi connectivity index (χ3v) is 2.04. The van der Waals surface area contributed by atoms with Gasteiger partial charge in [-0.05, 0) is 6.42 Å². The topological polar surface area (TPSA) is 102 Å². The van der Waals surface area contributed by atoms with Gasteiger partial charge in [0.1, 0.15) is 11.5 Å². The average Bonchev–Trinajstić information content (AvgIpc) is 2.38. The molecule has 1 aliphatic carbocycles. The number of nitrogens with zero attached hydrogens (tertiary/aromatic N) is 1. The molecule has 1 fully saturated rings. The van der Waals surface area contributed by atoms with E-state index in [2.05, 4.69) is 5.10 Å². The molecule has 76 valence electrons. The number of carbonyl (C=O) groups excluding carboxylic acids is 3. The zero-order chi connectivity index (χ0) is 10.7. The molecule has 3 N–H and O–H groups in total. The van der Waals surface area contributed by atoms with Gasteiger partial charge in [-0.25, -0.2) is 10.2 Å². The third-order valence-electron chi connectivity index (χ3n) is 2.04. The number of hydrazone groups is 1. The molecule has 1 rings (SSSR count). The average molecular weight is 197 g/mol. The molecule has 0 aromatic heterocycles. The minimum absolute atomic E-state index is 0.0163. The van der Waals surface area contributed by atoms with Crippen molar-refractivity contribution in [1.29, 1.82) is 0 Å². The van der Waals surface area contributed by atoms with Gasteiger partial charge in [-0.2, -0.15) is 5.10 Å². The fraction of sp³-hybridized carbons (Fsp3) is 0.500. The first-order valence-corrected chi connectivity index (χ1v) is 4.25. The summed E-state index contributed by atoms with van der Waals surface area (Å²) in [4.78, 5) is 32.9. The number of Topliss-reactive ketones (excluding diaryl/α,β-unsaturated/α-hetero) is 2. The lowest BCUT2D eigenvalue weighted by molar-refractivity contribution is -0.126. The number of rotatable bonds is 2. The Morgan fingerprint density at radius 2 is 2.29 bits per heavy atom. The van der Waals surface area contributed by atoms with Crippen LogP contribution < -0.4 is 11.2 Å². The second kappa shape index (κ2) is 3.99. The molecule has 1 atom stereocenters. The summed E-state index contributed by atoms with van der Waals surface area (Å²) in [5.74, 6) is -1.06. The van der Waals surface area contributed by atoms with Crippen molar-refractivity contribution in [3.63, 3.8) is 0 Å². The Labute approximate surface area is 80.5 Å². The Morgan fingerprint density at radius 3 is 2.71 bits per heavy atom. The highest BCUT2D eigenvalue weighted by molar-refractivity contribution is 6.51. The van der Waals surface area contributed by atoms with E-state index in [1.165, 1.54) is 0 Å². The van der Waals surface area contributed by atoms with Crippen molar-refractivity contribution in [3.8, 4) is 0 Å². The number of carbonyl (C=O) groups is 3. The quantitative estimate of drug-likeness (QED) is 0.464. The van der Waals surface area contributed by atoms with Crippen LogP contribution >= 0.6 is 0 Å². The maximum absolute atomic E-state index is 11.4. The van der Waals surface area contributed by atoms with E-state index in [9.17, 15) is 14.4 Å². The molecule has 0 heterocycles. The van der Waals surface area contributed by atoms with Gasteiger partial charge in [-0.3, -0.25) is 9.59 Å². The highest BCUT2D eigenvalue weighted by atomic mass is 16.2. The van der Waals surface area contributed by atoms with Crippen LogP contribution in [-0.2, 0) is 9.59 Å². The Morgan fingerprint density at radius 1 is 1.64 bits per heavy atom. The lowest BCUT2D eigenvalue weighted by Gasteiger charge is -1.98. The van der Waals surface area contributed by atoms with Crippen molar-refractivity contribution in [2.45, 2.75) is 19.8 Å². The van der Waals surface area contributed by atoms with Gasteiger partial charge in [-0.15, -0.1) is 0 Å². The van der Waals surface area contributed by atoms with Crippen molar-refractivity contribution >= 4 is 23.3 Å². The second-order valence-corrected chi connectivity index (χ2v) is 3.00. The van der Waals surface area contributed by atoms with E-state index in [0.717, 1.165) is 0 Å². The number of hydrogen-bond acceptors (Lipinski definition) is 4. The first-order valence-electron chi connectivity index (χ1n) is 4.25. The van der Waals surface area contributed by atoms with E-state index in [4.69, 9.17) is 5.73 Å². The van der Waals surface area contributed by atoms with Crippen LogP contribution in [0.1, 0.15) is 19.8 Å². The van der Waals surface area contributed by atoms with Crippen LogP contribution in [0.5, 0.6) is 0 Å². The predicted molar refractivity (Wildman–Crippen MR) is 48.6 cm³/mol. The maximum atomic E-state index is 11.4. The van der Waals surface area contributed by atoms with Crippen molar-refractivity contribution in [2.24, 2.45) is 16.8 Å². The van der Waals surface area contributed by atoms with E-state index in [1.54, 1.807) is 6.92 Å².